The predicted molar refractivity (Wildman–Crippen MR) is 144 cm³/mol. The fourth-order valence-corrected chi connectivity index (χ4v) is 4.31. The summed E-state index contributed by atoms with van der Waals surface area (Å²) in [5.41, 5.74) is 1.51. The number of aromatic carboxylic acids is 1. The summed E-state index contributed by atoms with van der Waals surface area (Å²) in [7, 11) is 0. The lowest BCUT2D eigenvalue weighted by Crippen LogP contribution is -2.18. The highest BCUT2D eigenvalue weighted by Crippen LogP contribution is 2.32. The largest absolute Gasteiger partial charge is 0.491 e. The number of unbranched alkanes of at least 4 members (excludes halogenated alkanes) is 11. The Balaban J connectivity index is 1.83. The molecule has 6 heteroatoms. The van der Waals surface area contributed by atoms with Gasteiger partial charge in [0.25, 0.3) is 5.91 Å². The standard InChI is InChI=1S/C30H42FNO4/c1-4-5-6-7-8-9-10-11-12-13-14-15-21-36-28-23(3)22(2)19-20-26(28)32-29(33)24-17-16-18-25(31)27(24)30(34)35/h16-20H,4-15,21H2,1-3H3,(H,32,33)(H,34,35). The first kappa shape index (κ1) is 29.3. The van der Waals surface area contributed by atoms with Crippen molar-refractivity contribution in [1.82, 2.24) is 0 Å². The molecule has 198 valence electrons. The summed E-state index contributed by atoms with van der Waals surface area (Å²) in [6.45, 7) is 6.67. The van der Waals surface area contributed by atoms with Crippen LogP contribution in [0.25, 0.3) is 0 Å². The van der Waals surface area contributed by atoms with Gasteiger partial charge in [0.1, 0.15) is 17.1 Å². The Morgan fingerprint density at radius 3 is 2.03 bits per heavy atom. The summed E-state index contributed by atoms with van der Waals surface area (Å²) >= 11 is 0. The van der Waals surface area contributed by atoms with E-state index in [9.17, 15) is 19.1 Å². The van der Waals surface area contributed by atoms with Crippen LogP contribution in [-0.2, 0) is 0 Å². The van der Waals surface area contributed by atoms with Crippen LogP contribution in [0.2, 0.25) is 0 Å². The molecule has 0 spiro atoms. The second kappa shape index (κ2) is 16.0. The van der Waals surface area contributed by atoms with E-state index in [1.54, 1.807) is 6.07 Å². The minimum absolute atomic E-state index is 0.229. The van der Waals surface area contributed by atoms with Gasteiger partial charge >= 0.3 is 5.97 Å². The van der Waals surface area contributed by atoms with Gasteiger partial charge in [0, 0.05) is 0 Å². The minimum atomic E-state index is -1.48. The first-order valence-electron chi connectivity index (χ1n) is 13.4. The van der Waals surface area contributed by atoms with Crippen LogP contribution < -0.4 is 10.1 Å². The van der Waals surface area contributed by atoms with Gasteiger partial charge < -0.3 is 15.2 Å². The van der Waals surface area contributed by atoms with E-state index in [0.29, 0.717) is 18.0 Å². The van der Waals surface area contributed by atoms with Crippen LogP contribution in [0.3, 0.4) is 0 Å². The number of ether oxygens (including phenoxy) is 1. The van der Waals surface area contributed by atoms with Crippen LogP contribution in [0.4, 0.5) is 10.1 Å². The highest BCUT2D eigenvalue weighted by atomic mass is 19.1. The molecule has 0 atom stereocenters. The molecule has 0 aliphatic rings. The normalized spacial score (nSPS) is 10.9. The third kappa shape index (κ3) is 9.29. The molecule has 0 saturated carbocycles. The molecule has 2 aromatic carbocycles. The van der Waals surface area contributed by atoms with Crippen LogP contribution in [-0.4, -0.2) is 23.6 Å². The first-order valence-corrected chi connectivity index (χ1v) is 13.4. The second-order valence-corrected chi connectivity index (χ2v) is 9.54. The summed E-state index contributed by atoms with van der Waals surface area (Å²) in [5, 5.41) is 12.1. The maximum absolute atomic E-state index is 14.0. The Bertz CT molecular complexity index is 989. The highest BCUT2D eigenvalue weighted by Gasteiger charge is 2.22. The number of amides is 1. The van der Waals surface area contributed by atoms with Crippen molar-refractivity contribution in [2.75, 3.05) is 11.9 Å². The molecule has 2 N–H and O–H groups in total. The molecule has 2 rings (SSSR count). The molecule has 36 heavy (non-hydrogen) atoms. The lowest BCUT2D eigenvalue weighted by atomic mass is 10.0. The number of halogens is 1. The van der Waals surface area contributed by atoms with Gasteiger partial charge in [-0.15, -0.1) is 0 Å². The van der Waals surface area contributed by atoms with Crippen molar-refractivity contribution in [3.63, 3.8) is 0 Å². The van der Waals surface area contributed by atoms with Crippen molar-refractivity contribution in [2.24, 2.45) is 0 Å². The van der Waals surface area contributed by atoms with Crippen molar-refractivity contribution >= 4 is 17.6 Å². The minimum Gasteiger partial charge on any atom is -0.491 e. The Hall–Kier alpha value is -2.89. The summed E-state index contributed by atoms with van der Waals surface area (Å²) in [6, 6.07) is 7.25. The highest BCUT2D eigenvalue weighted by molar-refractivity contribution is 6.11. The Kier molecular flexibility index (Phi) is 13.0. The summed E-state index contributed by atoms with van der Waals surface area (Å²) in [6.07, 6.45) is 15.2. The number of hydrogen-bond acceptors (Lipinski definition) is 3. The van der Waals surface area contributed by atoms with Crippen molar-refractivity contribution in [3.8, 4) is 5.75 Å². The Morgan fingerprint density at radius 1 is 0.861 bits per heavy atom. The number of rotatable bonds is 17. The third-order valence-electron chi connectivity index (χ3n) is 6.64. The Morgan fingerprint density at radius 2 is 1.44 bits per heavy atom. The average Bonchev–Trinajstić information content (AvgIpc) is 2.85. The number of carbonyl (C=O) groups excluding carboxylic acids is 1. The van der Waals surface area contributed by atoms with Crippen LogP contribution >= 0.6 is 0 Å². The van der Waals surface area contributed by atoms with E-state index in [1.165, 1.54) is 76.3 Å². The number of carboxylic acids is 1. The van der Waals surface area contributed by atoms with Crippen molar-refractivity contribution < 1.29 is 23.8 Å². The van der Waals surface area contributed by atoms with E-state index in [1.807, 2.05) is 19.9 Å². The van der Waals surface area contributed by atoms with Crippen molar-refractivity contribution in [2.45, 2.75) is 97.8 Å². The molecular formula is C30H42FNO4. The molecule has 0 radical (unpaired) electrons. The van der Waals surface area contributed by atoms with Crippen LogP contribution in [0, 0.1) is 19.7 Å². The quantitative estimate of drug-likeness (QED) is 0.214. The monoisotopic (exact) mass is 499 g/mol. The molecule has 0 heterocycles. The molecule has 0 aliphatic carbocycles. The second-order valence-electron chi connectivity index (χ2n) is 9.54. The van der Waals surface area contributed by atoms with E-state index < -0.39 is 23.3 Å². The topological polar surface area (TPSA) is 75.6 Å². The molecule has 0 aliphatic heterocycles. The smallest absolute Gasteiger partial charge is 0.339 e. The van der Waals surface area contributed by atoms with E-state index in [0.717, 1.165) is 30.0 Å². The van der Waals surface area contributed by atoms with Crippen molar-refractivity contribution in [1.29, 1.82) is 0 Å². The molecule has 5 nitrogen and oxygen atoms in total. The molecule has 0 saturated heterocycles. The number of anilines is 1. The summed E-state index contributed by atoms with van der Waals surface area (Å²) < 4.78 is 20.1. The molecule has 0 fully saturated rings. The average molecular weight is 500 g/mol. The lowest BCUT2D eigenvalue weighted by molar-refractivity contribution is 0.0687. The maximum atomic E-state index is 14.0. The van der Waals surface area contributed by atoms with Gasteiger partial charge in [0.15, 0.2) is 0 Å². The van der Waals surface area contributed by atoms with Gasteiger partial charge in [-0.3, -0.25) is 4.79 Å². The number of aryl methyl sites for hydroxylation is 1. The zero-order valence-corrected chi connectivity index (χ0v) is 22.1. The third-order valence-corrected chi connectivity index (χ3v) is 6.64. The number of carboxylic acid groups (broad SMARTS) is 1. The van der Waals surface area contributed by atoms with Crippen LogP contribution in [0.5, 0.6) is 5.75 Å². The van der Waals surface area contributed by atoms with E-state index >= 15 is 0 Å². The number of nitrogens with one attached hydrogen (secondary N) is 1. The van der Waals surface area contributed by atoms with Crippen LogP contribution in [0.15, 0.2) is 30.3 Å². The van der Waals surface area contributed by atoms with E-state index in [4.69, 9.17) is 4.74 Å². The van der Waals surface area contributed by atoms with Gasteiger partial charge in [-0.25, -0.2) is 9.18 Å². The molecule has 0 unspecified atom stereocenters. The summed E-state index contributed by atoms with van der Waals surface area (Å²) in [4.78, 5) is 24.3. The predicted octanol–water partition coefficient (Wildman–Crippen LogP) is 8.47. The number of carbonyl (C=O) groups is 2. The molecule has 0 bridgehead atoms. The van der Waals surface area contributed by atoms with Crippen LogP contribution in [0.1, 0.15) is 116 Å². The maximum Gasteiger partial charge on any atom is 0.339 e. The fourth-order valence-electron chi connectivity index (χ4n) is 4.31. The summed E-state index contributed by atoms with van der Waals surface area (Å²) in [5.74, 6) is -2.55. The zero-order valence-electron chi connectivity index (χ0n) is 22.1. The van der Waals surface area contributed by atoms with Gasteiger partial charge in [-0.05, 0) is 49.6 Å². The number of benzene rings is 2. The Labute approximate surface area is 215 Å². The van der Waals surface area contributed by atoms with E-state index in [2.05, 4.69) is 12.2 Å². The molecule has 1 amide bonds. The van der Waals surface area contributed by atoms with Gasteiger partial charge in [-0.1, -0.05) is 89.7 Å². The molecule has 0 aromatic heterocycles. The molecule has 2 aromatic rings. The SMILES string of the molecule is CCCCCCCCCCCCCCOc1c(NC(=O)c2cccc(F)c2C(=O)O)ccc(C)c1C. The van der Waals surface area contributed by atoms with Gasteiger partial charge in [0.2, 0.25) is 0 Å². The lowest BCUT2D eigenvalue weighted by Gasteiger charge is -2.17. The first-order chi connectivity index (χ1) is 17.4. The number of hydrogen-bond donors (Lipinski definition) is 2. The van der Waals surface area contributed by atoms with Crippen molar-refractivity contribution in [3.05, 3.63) is 58.4 Å². The van der Waals surface area contributed by atoms with E-state index in [-0.39, 0.29) is 5.56 Å². The zero-order chi connectivity index (χ0) is 26.3. The van der Waals surface area contributed by atoms with Gasteiger partial charge in [-0.2, -0.15) is 0 Å². The fraction of sp³-hybridized carbons (Fsp3) is 0.533. The molecular weight excluding hydrogens is 457 g/mol. The van der Waals surface area contributed by atoms with Gasteiger partial charge in [0.05, 0.1) is 17.9 Å².